The molecule has 4 nitrogen and oxygen atoms in total. The number of hydrogen-bond acceptors (Lipinski definition) is 4. The number of hydrogen-bond donors (Lipinski definition) is 0. The Balaban J connectivity index is 1.79. The lowest BCUT2D eigenvalue weighted by Gasteiger charge is -2.10. The molecule has 3 rings (SSSR count). The lowest BCUT2D eigenvalue weighted by molar-refractivity contribution is -0.145. The van der Waals surface area contributed by atoms with Gasteiger partial charge in [0, 0.05) is 22.0 Å². The first-order valence-electron chi connectivity index (χ1n) is 7.58. The van der Waals surface area contributed by atoms with E-state index in [9.17, 15) is 9.59 Å². The van der Waals surface area contributed by atoms with Crippen molar-refractivity contribution in [2.45, 2.75) is 32.8 Å². The molecule has 1 atom stereocenters. The minimum absolute atomic E-state index is 0.0384. The molecule has 0 aliphatic heterocycles. The molecule has 1 aromatic heterocycles. The molecule has 0 bridgehead atoms. The van der Waals surface area contributed by atoms with Gasteiger partial charge in [0.1, 0.15) is 12.2 Å². The van der Waals surface area contributed by atoms with Crippen LogP contribution in [0.1, 0.15) is 30.4 Å². The standard InChI is InChI=1S/C18H17ClO4/c1-11-6-16-14(9-15(11)19)13(8-18(21)23-16)10-22-17(20)7-12-4-2-3-5-12/h2,4,6,8-9,12H,3,5,7,10H2,1H3/t12-/m0/s1. The first-order valence-corrected chi connectivity index (χ1v) is 7.96. The van der Waals surface area contributed by atoms with Crippen LogP contribution in [0.5, 0.6) is 0 Å². The maximum atomic E-state index is 11.9. The van der Waals surface area contributed by atoms with Crippen LogP contribution >= 0.6 is 11.6 Å². The summed E-state index contributed by atoms with van der Waals surface area (Å²) in [5.74, 6) is -0.00155. The van der Waals surface area contributed by atoms with Crippen molar-refractivity contribution in [3.63, 3.8) is 0 Å². The molecule has 0 saturated carbocycles. The number of esters is 1. The van der Waals surface area contributed by atoms with Gasteiger partial charge in [-0.05, 0) is 43.4 Å². The molecular weight excluding hydrogens is 316 g/mol. The molecule has 1 heterocycles. The molecule has 23 heavy (non-hydrogen) atoms. The fourth-order valence-corrected chi connectivity index (χ4v) is 2.93. The van der Waals surface area contributed by atoms with Crippen LogP contribution in [0, 0.1) is 12.8 Å². The lowest BCUT2D eigenvalue weighted by Crippen LogP contribution is -2.10. The zero-order chi connectivity index (χ0) is 16.4. The van der Waals surface area contributed by atoms with Gasteiger partial charge in [-0.25, -0.2) is 4.79 Å². The van der Waals surface area contributed by atoms with Crippen molar-refractivity contribution in [2.75, 3.05) is 0 Å². The predicted octanol–water partition coefficient (Wildman–Crippen LogP) is 4.15. The van der Waals surface area contributed by atoms with Crippen molar-refractivity contribution in [2.24, 2.45) is 5.92 Å². The summed E-state index contributed by atoms with van der Waals surface area (Å²) in [4.78, 5) is 23.6. The Morgan fingerprint density at radius 3 is 2.96 bits per heavy atom. The number of fused-ring (bicyclic) bond motifs is 1. The Kier molecular flexibility index (Phi) is 4.53. The first-order chi connectivity index (χ1) is 11.0. The Morgan fingerprint density at radius 2 is 2.22 bits per heavy atom. The molecule has 2 aromatic rings. The molecule has 1 aromatic carbocycles. The van der Waals surface area contributed by atoms with Crippen LogP contribution in [0.25, 0.3) is 11.0 Å². The zero-order valence-electron chi connectivity index (χ0n) is 12.8. The topological polar surface area (TPSA) is 56.5 Å². The highest BCUT2D eigenvalue weighted by atomic mass is 35.5. The number of rotatable bonds is 4. The average molecular weight is 333 g/mol. The molecule has 0 fully saturated rings. The van der Waals surface area contributed by atoms with E-state index in [0.29, 0.717) is 28.0 Å². The molecule has 0 N–H and O–H groups in total. The van der Waals surface area contributed by atoms with E-state index in [2.05, 4.69) is 12.2 Å². The summed E-state index contributed by atoms with van der Waals surface area (Å²) in [7, 11) is 0. The second-order valence-electron chi connectivity index (χ2n) is 5.82. The third kappa shape index (κ3) is 3.64. The Morgan fingerprint density at radius 1 is 1.39 bits per heavy atom. The van der Waals surface area contributed by atoms with Gasteiger partial charge in [0.25, 0.3) is 0 Å². The van der Waals surface area contributed by atoms with E-state index in [4.69, 9.17) is 20.8 Å². The van der Waals surface area contributed by atoms with Gasteiger partial charge in [0.2, 0.25) is 0 Å². The van der Waals surface area contributed by atoms with E-state index in [0.717, 1.165) is 18.4 Å². The second-order valence-corrected chi connectivity index (χ2v) is 6.23. The van der Waals surface area contributed by atoms with E-state index >= 15 is 0 Å². The van der Waals surface area contributed by atoms with Crippen LogP contribution in [0.2, 0.25) is 5.02 Å². The lowest BCUT2D eigenvalue weighted by atomic mass is 10.1. The van der Waals surface area contributed by atoms with Gasteiger partial charge in [-0.15, -0.1) is 0 Å². The molecule has 0 saturated heterocycles. The summed E-state index contributed by atoms with van der Waals surface area (Å²) in [5, 5.41) is 1.27. The van der Waals surface area contributed by atoms with Crippen molar-refractivity contribution in [1.82, 2.24) is 0 Å². The number of carbonyl (C=O) groups excluding carboxylic acids is 1. The van der Waals surface area contributed by atoms with E-state index in [1.54, 1.807) is 12.1 Å². The fraction of sp³-hybridized carbons (Fsp3) is 0.333. The van der Waals surface area contributed by atoms with Gasteiger partial charge in [0.05, 0.1) is 6.42 Å². The minimum atomic E-state index is -0.469. The summed E-state index contributed by atoms with van der Waals surface area (Å²) >= 11 is 6.14. The molecule has 1 aliphatic rings. The molecule has 0 spiro atoms. The number of carbonyl (C=O) groups is 1. The van der Waals surface area contributed by atoms with Crippen LogP contribution in [0.15, 0.2) is 39.6 Å². The van der Waals surface area contributed by atoms with Gasteiger partial charge < -0.3 is 9.15 Å². The van der Waals surface area contributed by atoms with E-state index in [1.807, 2.05) is 6.92 Å². The number of ether oxygens (including phenoxy) is 1. The summed E-state index contributed by atoms with van der Waals surface area (Å²) < 4.78 is 10.5. The van der Waals surface area contributed by atoms with Crippen molar-refractivity contribution < 1.29 is 13.9 Å². The zero-order valence-corrected chi connectivity index (χ0v) is 13.6. The van der Waals surface area contributed by atoms with Crippen LogP contribution in [-0.2, 0) is 16.1 Å². The smallest absolute Gasteiger partial charge is 0.336 e. The van der Waals surface area contributed by atoms with Crippen LogP contribution in [0.3, 0.4) is 0 Å². The highest BCUT2D eigenvalue weighted by molar-refractivity contribution is 6.32. The molecule has 120 valence electrons. The molecule has 0 radical (unpaired) electrons. The van der Waals surface area contributed by atoms with E-state index in [-0.39, 0.29) is 18.5 Å². The Labute approximate surface area is 138 Å². The number of aryl methyl sites for hydroxylation is 1. The minimum Gasteiger partial charge on any atom is -0.461 e. The average Bonchev–Trinajstić information content (AvgIpc) is 2.99. The highest BCUT2D eigenvalue weighted by Gasteiger charge is 2.16. The fourth-order valence-electron chi connectivity index (χ4n) is 2.76. The van der Waals surface area contributed by atoms with E-state index in [1.165, 1.54) is 6.07 Å². The summed E-state index contributed by atoms with van der Waals surface area (Å²) in [6, 6.07) is 4.79. The van der Waals surface area contributed by atoms with Gasteiger partial charge in [0.15, 0.2) is 0 Å². The third-order valence-electron chi connectivity index (χ3n) is 4.04. The first kappa shape index (κ1) is 15.8. The van der Waals surface area contributed by atoms with Gasteiger partial charge in [-0.2, -0.15) is 0 Å². The Hall–Kier alpha value is -2.07. The monoisotopic (exact) mass is 332 g/mol. The Bertz CT molecular complexity index is 835. The van der Waals surface area contributed by atoms with Crippen LogP contribution in [-0.4, -0.2) is 5.97 Å². The van der Waals surface area contributed by atoms with Crippen molar-refractivity contribution in [3.05, 3.63) is 56.9 Å². The van der Waals surface area contributed by atoms with Crippen LogP contribution < -0.4 is 5.63 Å². The van der Waals surface area contributed by atoms with Gasteiger partial charge in [-0.1, -0.05) is 23.8 Å². The maximum absolute atomic E-state index is 11.9. The summed E-state index contributed by atoms with van der Waals surface area (Å²) in [5.41, 5.74) is 1.41. The van der Waals surface area contributed by atoms with Crippen molar-refractivity contribution in [1.29, 1.82) is 0 Å². The van der Waals surface area contributed by atoms with Crippen molar-refractivity contribution in [3.8, 4) is 0 Å². The van der Waals surface area contributed by atoms with Gasteiger partial charge >= 0.3 is 11.6 Å². The summed E-state index contributed by atoms with van der Waals surface area (Å²) in [6.07, 6.45) is 6.51. The maximum Gasteiger partial charge on any atom is 0.336 e. The predicted molar refractivity (Wildman–Crippen MR) is 88.5 cm³/mol. The number of allylic oxidation sites excluding steroid dienone is 2. The third-order valence-corrected chi connectivity index (χ3v) is 4.45. The quantitative estimate of drug-likeness (QED) is 0.479. The molecule has 0 amide bonds. The van der Waals surface area contributed by atoms with Gasteiger partial charge in [-0.3, -0.25) is 4.79 Å². The van der Waals surface area contributed by atoms with Crippen molar-refractivity contribution >= 4 is 28.5 Å². The number of benzene rings is 1. The molecule has 0 unspecified atom stereocenters. The highest BCUT2D eigenvalue weighted by Crippen LogP contribution is 2.26. The molecular formula is C18H17ClO4. The molecule has 1 aliphatic carbocycles. The normalized spacial score (nSPS) is 16.9. The van der Waals surface area contributed by atoms with Crippen LogP contribution in [0.4, 0.5) is 0 Å². The van der Waals surface area contributed by atoms with E-state index < -0.39 is 5.63 Å². The number of halogens is 1. The largest absolute Gasteiger partial charge is 0.461 e. The molecule has 5 heteroatoms. The SMILES string of the molecule is Cc1cc2oc(=O)cc(COC(=O)C[C@H]3C=CCC3)c2cc1Cl. The summed E-state index contributed by atoms with van der Waals surface area (Å²) in [6.45, 7) is 1.88. The second kappa shape index (κ2) is 6.59.